The summed E-state index contributed by atoms with van der Waals surface area (Å²) >= 11 is 0. The van der Waals surface area contributed by atoms with E-state index >= 15 is 0 Å². The van der Waals surface area contributed by atoms with E-state index in [1.807, 2.05) is 35.2 Å². The molecule has 0 bridgehead atoms. The van der Waals surface area contributed by atoms with Gasteiger partial charge in [0.2, 0.25) is 5.91 Å². The van der Waals surface area contributed by atoms with Crippen LogP contribution in [0, 0.1) is 5.92 Å². The zero-order valence-corrected chi connectivity index (χ0v) is 12.1. The Bertz CT molecular complexity index is 440. The zero-order chi connectivity index (χ0) is 13.8. The highest BCUT2D eigenvalue weighted by atomic mass is 16.2. The fourth-order valence-corrected chi connectivity index (χ4v) is 3.46. The number of hydrogen-bond acceptors (Lipinski definition) is 2. The molecule has 3 rings (SSSR count). The van der Waals surface area contributed by atoms with E-state index in [4.69, 9.17) is 0 Å². The summed E-state index contributed by atoms with van der Waals surface area (Å²) in [7, 11) is 0. The van der Waals surface area contributed by atoms with Gasteiger partial charge in [-0.15, -0.1) is 0 Å². The van der Waals surface area contributed by atoms with Crippen LogP contribution in [-0.2, 0) is 4.79 Å². The molecule has 1 N–H and O–H groups in total. The van der Waals surface area contributed by atoms with Gasteiger partial charge in [-0.05, 0) is 17.9 Å². The number of carbonyl (C=O) groups excluding carboxylic acids is 1. The van der Waals surface area contributed by atoms with Crippen molar-refractivity contribution < 1.29 is 4.79 Å². The molecule has 108 valence electrons. The van der Waals surface area contributed by atoms with Gasteiger partial charge >= 0.3 is 0 Å². The van der Waals surface area contributed by atoms with E-state index in [9.17, 15) is 4.79 Å². The number of rotatable bonds is 4. The standard InChI is InChI=1S/C17H24N2O/c20-17-16(15-9-5-2-6-10-15)18-13-19(17)12-11-14-7-3-1-4-8-14/h2,5-6,9-10,14,16,18H,1,3-4,7-8,11-13H2. The van der Waals surface area contributed by atoms with Crippen molar-refractivity contribution in [1.82, 2.24) is 10.2 Å². The first-order chi connectivity index (χ1) is 9.84. The number of benzene rings is 1. The predicted octanol–water partition coefficient (Wildman–Crippen LogP) is 3.09. The topological polar surface area (TPSA) is 32.3 Å². The minimum Gasteiger partial charge on any atom is -0.328 e. The van der Waals surface area contributed by atoms with E-state index in [0.717, 1.165) is 18.0 Å². The zero-order valence-electron chi connectivity index (χ0n) is 12.1. The Kier molecular flexibility index (Phi) is 4.36. The first kappa shape index (κ1) is 13.6. The van der Waals surface area contributed by atoms with Crippen molar-refractivity contribution in [2.75, 3.05) is 13.2 Å². The van der Waals surface area contributed by atoms with E-state index in [2.05, 4.69) is 5.32 Å². The van der Waals surface area contributed by atoms with Crippen LogP contribution in [0.1, 0.15) is 50.1 Å². The number of nitrogens with one attached hydrogen (secondary N) is 1. The highest BCUT2D eigenvalue weighted by Crippen LogP contribution is 2.27. The van der Waals surface area contributed by atoms with Crippen LogP contribution >= 0.6 is 0 Å². The highest BCUT2D eigenvalue weighted by Gasteiger charge is 2.32. The van der Waals surface area contributed by atoms with Gasteiger partial charge < -0.3 is 4.90 Å². The first-order valence-electron chi connectivity index (χ1n) is 7.92. The van der Waals surface area contributed by atoms with E-state index in [0.29, 0.717) is 6.67 Å². The maximum atomic E-state index is 12.4. The molecule has 1 atom stereocenters. The second kappa shape index (κ2) is 6.40. The molecule has 0 spiro atoms. The van der Waals surface area contributed by atoms with Crippen molar-refractivity contribution in [3.8, 4) is 0 Å². The Morgan fingerprint density at radius 3 is 2.60 bits per heavy atom. The van der Waals surface area contributed by atoms with Crippen molar-refractivity contribution in [1.29, 1.82) is 0 Å². The van der Waals surface area contributed by atoms with Gasteiger partial charge in [0.15, 0.2) is 0 Å². The molecule has 2 aliphatic rings. The third-order valence-corrected chi connectivity index (χ3v) is 4.71. The Morgan fingerprint density at radius 2 is 1.85 bits per heavy atom. The molecule has 3 nitrogen and oxygen atoms in total. The van der Waals surface area contributed by atoms with Gasteiger partial charge in [0.05, 0.1) is 6.67 Å². The Morgan fingerprint density at radius 1 is 1.10 bits per heavy atom. The summed E-state index contributed by atoms with van der Waals surface area (Å²) < 4.78 is 0. The van der Waals surface area contributed by atoms with Gasteiger partial charge in [-0.25, -0.2) is 0 Å². The molecule has 3 heteroatoms. The molecule has 1 saturated carbocycles. The van der Waals surface area contributed by atoms with E-state index in [-0.39, 0.29) is 11.9 Å². The van der Waals surface area contributed by atoms with Crippen LogP contribution in [0.15, 0.2) is 30.3 Å². The number of amides is 1. The second-order valence-electron chi connectivity index (χ2n) is 6.10. The van der Waals surface area contributed by atoms with Crippen LogP contribution in [-0.4, -0.2) is 24.0 Å². The fraction of sp³-hybridized carbons (Fsp3) is 0.588. The lowest BCUT2D eigenvalue weighted by Gasteiger charge is -2.24. The third-order valence-electron chi connectivity index (χ3n) is 4.71. The molecule has 1 amide bonds. The van der Waals surface area contributed by atoms with Gasteiger partial charge in [-0.1, -0.05) is 62.4 Å². The minimum atomic E-state index is -0.137. The lowest BCUT2D eigenvalue weighted by molar-refractivity contribution is -0.129. The summed E-state index contributed by atoms with van der Waals surface area (Å²) in [6, 6.07) is 9.90. The first-order valence-corrected chi connectivity index (χ1v) is 7.92. The molecule has 1 heterocycles. The molecular weight excluding hydrogens is 248 g/mol. The van der Waals surface area contributed by atoms with Crippen LogP contribution in [0.3, 0.4) is 0 Å². The Balaban J connectivity index is 1.53. The van der Waals surface area contributed by atoms with Gasteiger partial charge in [0.25, 0.3) is 0 Å². The normalized spacial score (nSPS) is 24.3. The number of carbonyl (C=O) groups is 1. The number of hydrogen-bond donors (Lipinski definition) is 1. The van der Waals surface area contributed by atoms with E-state index in [1.165, 1.54) is 38.5 Å². The monoisotopic (exact) mass is 272 g/mol. The summed E-state index contributed by atoms with van der Waals surface area (Å²) in [5, 5.41) is 3.34. The molecule has 2 fully saturated rings. The van der Waals surface area contributed by atoms with Gasteiger partial charge in [0, 0.05) is 6.54 Å². The van der Waals surface area contributed by atoms with Gasteiger partial charge in [-0.3, -0.25) is 10.1 Å². The summed E-state index contributed by atoms with van der Waals surface area (Å²) in [6.07, 6.45) is 8.05. The predicted molar refractivity (Wildman–Crippen MR) is 80.1 cm³/mol. The van der Waals surface area contributed by atoms with Crippen molar-refractivity contribution in [3.05, 3.63) is 35.9 Å². The third kappa shape index (κ3) is 3.04. The lowest BCUT2D eigenvalue weighted by Crippen LogP contribution is -2.29. The van der Waals surface area contributed by atoms with Crippen LogP contribution in [0.5, 0.6) is 0 Å². The van der Waals surface area contributed by atoms with Gasteiger partial charge in [-0.2, -0.15) is 0 Å². The van der Waals surface area contributed by atoms with Crippen LogP contribution in [0.2, 0.25) is 0 Å². The molecule has 0 aromatic heterocycles. The van der Waals surface area contributed by atoms with Crippen molar-refractivity contribution >= 4 is 5.91 Å². The minimum absolute atomic E-state index is 0.137. The maximum Gasteiger partial charge on any atom is 0.245 e. The second-order valence-corrected chi connectivity index (χ2v) is 6.10. The largest absolute Gasteiger partial charge is 0.328 e. The van der Waals surface area contributed by atoms with Crippen molar-refractivity contribution in [3.63, 3.8) is 0 Å². The molecule has 1 aromatic carbocycles. The Hall–Kier alpha value is -1.35. The molecule has 1 saturated heterocycles. The summed E-state index contributed by atoms with van der Waals surface area (Å²) in [5.74, 6) is 1.08. The highest BCUT2D eigenvalue weighted by molar-refractivity contribution is 5.85. The van der Waals surface area contributed by atoms with Crippen molar-refractivity contribution in [2.24, 2.45) is 5.92 Å². The average Bonchev–Trinajstić information content (AvgIpc) is 2.88. The number of nitrogens with zero attached hydrogens (tertiary/aromatic N) is 1. The lowest BCUT2D eigenvalue weighted by atomic mass is 9.87. The summed E-state index contributed by atoms with van der Waals surface area (Å²) in [4.78, 5) is 14.4. The molecular formula is C17H24N2O. The smallest absolute Gasteiger partial charge is 0.245 e. The Labute approximate surface area is 121 Å². The molecule has 1 aliphatic carbocycles. The average molecular weight is 272 g/mol. The van der Waals surface area contributed by atoms with Crippen molar-refractivity contribution in [2.45, 2.75) is 44.6 Å². The SMILES string of the molecule is O=C1C(c2ccccc2)NCN1CCC1CCCCC1. The summed E-state index contributed by atoms with van der Waals surface area (Å²) in [6.45, 7) is 1.62. The fourth-order valence-electron chi connectivity index (χ4n) is 3.46. The molecule has 0 radical (unpaired) electrons. The molecule has 1 aliphatic heterocycles. The van der Waals surface area contributed by atoms with E-state index in [1.54, 1.807) is 0 Å². The molecule has 1 unspecified atom stereocenters. The van der Waals surface area contributed by atoms with Gasteiger partial charge in [0.1, 0.15) is 6.04 Å². The quantitative estimate of drug-likeness (QED) is 0.913. The molecule has 20 heavy (non-hydrogen) atoms. The molecule has 1 aromatic rings. The van der Waals surface area contributed by atoms with Crippen LogP contribution in [0.25, 0.3) is 0 Å². The van der Waals surface area contributed by atoms with Crippen LogP contribution < -0.4 is 5.32 Å². The van der Waals surface area contributed by atoms with E-state index < -0.39 is 0 Å². The maximum absolute atomic E-state index is 12.4. The summed E-state index contributed by atoms with van der Waals surface area (Å²) in [5.41, 5.74) is 1.08. The van der Waals surface area contributed by atoms with Crippen LogP contribution in [0.4, 0.5) is 0 Å².